The van der Waals surface area contributed by atoms with E-state index >= 15 is 0 Å². The number of para-hydroxylation sites is 1. The van der Waals surface area contributed by atoms with Crippen molar-refractivity contribution in [1.82, 2.24) is 20.3 Å². The van der Waals surface area contributed by atoms with Crippen LogP contribution in [0, 0.1) is 13.8 Å². The fraction of sp³-hybridized carbons (Fsp3) is 0.304. The first-order chi connectivity index (χ1) is 14.6. The highest BCUT2D eigenvalue weighted by Crippen LogP contribution is 2.26. The van der Waals surface area contributed by atoms with E-state index in [1.165, 1.54) is 0 Å². The van der Waals surface area contributed by atoms with Gasteiger partial charge in [-0.05, 0) is 51.0 Å². The Bertz CT molecular complexity index is 1000. The number of hydrogen-bond donors (Lipinski definition) is 2. The van der Waals surface area contributed by atoms with E-state index in [1.54, 1.807) is 6.20 Å². The molecule has 0 atom stereocenters. The molecule has 7 nitrogen and oxygen atoms in total. The van der Waals surface area contributed by atoms with Crippen LogP contribution in [0.2, 0.25) is 0 Å². The quantitative estimate of drug-likeness (QED) is 0.691. The van der Waals surface area contributed by atoms with Gasteiger partial charge in [0.1, 0.15) is 11.5 Å². The number of aryl methyl sites for hydroxylation is 1. The Labute approximate surface area is 176 Å². The standard InChI is InChI=1S/C23H26N6O/c1-16-17(2)25-21(20-10-6-7-13-24-20)28-22(16)29-14-11-19(12-15-29)27-23(30)26-18-8-4-3-5-9-18/h3-10,13,19H,11-12,14-15H2,1-2H3,(H2,26,27,30). The highest BCUT2D eigenvalue weighted by Gasteiger charge is 2.24. The molecule has 2 N–H and O–H groups in total. The lowest BCUT2D eigenvalue weighted by Crippen LogP contribution is -2.46. The monoisotopic (exact) mass is 402 g/mol. The Hall–Kier alpha value is -3.48. The minimum atomic E-state index is -0.161. The number of aromatic nitrogens is 3. The summed E-state index contributed by atoms with van der Waals surface area (Å²) in [6.45, 7) is 5.73. The van der Waals surface area contributed by atoms with Gasteiger partial charge in [0.15, 0.2) is 5.82 Å². The fourth-order valence-electron chi connectivity index (χ4n) is 3.64. The molecule has 2 amide bonds. The molecule has 30 heavy (non-hydrogen) atoms. The van der Waals surface area contributed by atoms with Crippen LogP contribution in [-0.2, 0) is 0 Å². The maximum absolute atomic E-state index is 12.3. The summed E-state index contributed by atoms with van der Waals surface area (Å²) in [5.74, 6) is 1.60. The second-order valence-electron chi connectivity index (χ2n) is 7.52. The number of carbonyl (C=O) groups is 1. The maximum atomic E-state index is 12.3. The summed E-state index contributed by atoms with van der Waals surface area (Å²) in [7, 11) is 0. The van der Waals surface area contributed by atoms with Crippen LogP contribution < -0.4 is 15.5 Å². The van der Waals surface area contributed by atoms with Crippen molar-refractivity contribution >= 4 is 17.5 Å². The molecule has 0 saturated carbocycles. The van der Waals surface area contributed by atoms with Gasteiger partial charge in [-0.2, -0.15) is 0 Å². The van der Waals surface area contributed by atoms with E-state index in [9.17, 15) is 4.79 Å². The first kappa shape index (κ1) is 19.8. The Balaban J connectivity index is 1.40. The van der Waals surface area contributed by atoms with Gasteiger partial charge in [-0.25, -0.2) is 14.8 Å². The molecule has 0 spiro atoms. The van der Waals surface area contributed by atoms with E-state index in [0.29, 0.717) is 5.82 Å². The van der Waals surface area contributed by atoms with Crippen LogP contribution in [0.3, 0.4) is 0 Å². The first-order valence-electron chi connectivity index (χ1n) is 10.2. The summed E-state index contributed by atoms with van der Waals surface area (Å²) in [5, 5.41) is 5.97. The van der Waals surface area contributed by atoms with Crippen molar-refractivity contribution in [1.29, 1.82) is 0 Å². The third kappa shape index (κ3) is 4.56. The molecule has 7 heteroatoms. The summed E-state index contributed by atoms with van der Waals surface area (Å²) < 4.78 is 0. The van der Waals surface area contributed by atoms with Crippen molar-refractivity contribution in [2.24, 2.45) is 0 Å². The number of carbonyl (C=O) groups excluding carboxylic acids is 1. The minimum absolute atomic E-state index is 0.142. The number of nitrogens with one attached hydrogen (secondary N) is 2. The molecule has 0 radical (unpaired) electrons. The van der Waals surface area contributed by atoms with Crippen LogP contribution in [0.25, 0.3) is 11.5 Å². The van der Waals surface area contributed by atoms with Gasteiger partial charge in [-0.3, -0.25) is 4.98 Å². The maximum Gasteiger partial charge on any atom is 0.319 e. The highest BCUT2D eigenvalue weighted by molar-refractivity contribution is 5.89. The summed E-state index contributed by atoms with van der Waals surface area (Å²) in [4.78, 5) is 28.4. The molecule has 3 aromatic rings. The van der Waals surface area contributed by atoms with Crippen molar-refractivity contribution in [3.63, 3.8) is 0 Å². The summed E-state index contributed by atoms with van der Waals surface area (Å²) in [6.07, 6.45) is 3.48. The Morgan fingerprint density at radius 1 is 1.00 bits per heavy atom. The third-order valence-corrected chi connectivity index (χ3v) is 5.42. The third-order valence-electron chi connectivity index (χ3n) is 5.42. The molecule has 0 bridgehead atoms. The SMILES string of the molecule is Cc1nc(-c2ccccn2)nc(N2CCC(NC(=O)Nc3ccccc3)CC2)c1C. The van der Waals surface area contributed by atoms with E-state index in [-0.39, 0.29) is 12.1 Å². The van der Waals surface area contributed by atoms with Crippen molar-refractivity contribution in [3.8, 4) is 11.5 Å². The molecule has 1 aliphatic rings. The number of benzene rings is 1. The van der Waals surface area contributed by atoms with E-state index in [1.807, 2.05) is 55.5 Å². The van der Waals surface area contributed by atoms with Crippen LogP contribution in [-0.4, -0.2) is 40.1 Å². The topological polar surface area (TPSA) is 83.0 Å². The van der Waals surface area contributed by atoms with Crippen molar-refractivity contribution in [2.75, 3.05) is 23.3 Å². The van der Waals surface area contributed by atoms with Crippen molar-refractivity contribution < 1.29 is 4.79 Å². The molecule has 154 valence electrons. The number of urea groups is 1. The average Bonchev–Trinajstić information content (AvgIpc) is 2.77. The molecule has 0 unspecified atom stereocenters. The lowest BCUT2D eigenvalue weighted by Gasteiger charge is -2.34. The highest BCUT2D eigenvalue weighted by atomic mass is 16.2. The lowest BCUT2D eigenvalue weighted by atomic mass is 10.0. The van der Waals surface area contributed by atoms with Crippen molar-refractivity contribution in [2.45, 2.75) is 32.7 Å². The predicted octanol–water partition coefficient (Wildman–Crippen LogP) is 3.95. The van der Waals surface area contributed by atoms with Gasteiger partial charge in [-0.15, -0.1) is 0 Å². The van der Waals surface area contributed by atoms with Gasteiger partial charge in [0.05, 0.1) is 0 Å². The van der Waals surface area contributed by atoms with Crippen LogP contribution in [0.15, 0.2) is 54.7 Å². The zero-order chi connectivity index (χ0) is 20.9. The molecule has 1 fully saturated rings. The van der Waals surface area contributed by atoms with Crippen LogP contribution in [0.1, 0.15) is 24.1 Å². The predicted molar refractivity (Wildman–Crippen MR) is 119 cm³/mol. The first-order valence-corrected chi connectivity index (χ1v) is 10.2. The number of amides is 2. The van der Waals surface area contributed by atoms with Gasteiger partial charge in [-0.1, -0.05) is 24.3 Å². The van der Waals surface area contributed by atoms with Crippen molar-refractivity contribution in [3.05, 3.63) is 66.0 Å². The smallest absolute Gasteiger partial charge is 0.319 e. The van der Waals surface area contributed by atoms with E-state index < -0.39 is 0 Å². The lowest BCUT2D eigenvalue weighted by molar-refractivity contribution is 0.246. The number of hydrogen-bond acceptors (Lipinski definition) is 5. The Kier molecular flexibility index (Phi) is 5.88. The van der Waals surface area contributed by atoms with Gasteiger partial charge in [0.25, 0.3) is 0 Å². The molecular weight excluding hydrogens is 376 g/mol. The minimum Gasteiger partial charge on any atom is -0.356 e. The Morgan fingerprint density at radius 2 is 1.73 bits per heavy atom. The molecule has 0 aliphatic carbocycles. The number of anilines is 2. The fourth-order valence-corrected chi connectivity index (χ4v) is 3.64. The molecule has 1 aromatic carbocycles. The van der Waals surface area contributed by atoms with E-state index in [0.717, 1.165) is 54.4 Å². The van der Waals surface area contributed by atoms with Crippen LogP contribution >= 0.6 is 0 Å². The summed E-state index contributed by atoms with van der Waals surface area (Å²) >= 11 is 0. The van der Waals surface area contributed by atoms with Gasteiger partial charge >= 0.3 is 6.03 Å². The van der Waals surface area contributed by atoms with Gasteiger partial charge in [0, 0.05) is 42.3 Å². The number of piperidine rings is 1. The zero-order valence-electron chi connectivity index (χ0n) is 17.3. The van der Waals surface area contributed by atoms with E-state index in [2.05, 4.69) is 32.4 Å². The Morgan fingerprint density at radius 3 is 2.43 bits per heavy atom. The van der Waals surface area contributed by atoms with Gasteiger partial charge < -0.3 is 15.5 Å². The molecule has 2 aromatic heterocycles. The van der Waals surface area contributed by atoms with E-state index in [4.69, 9.17) is 4.98 Å². The number of rotatable bonds is 4. The van der Waals surface area contributed by atoms with Crippen LogP contribution in [0.4, 0.5) is 16.3 Å². The second kappa shape index (κ2) is 8.90. The molecule has 1 saturated heterocycles. The zero-order valence-corrected chi connectivity index (χ0v) is 17.3. The molecule has 1 aliphatic heterocycles. The molecular formula is C23H26N6O. The molecule has 4 rings (SSSR count). The molecule has 3 heterocycles. The van der Waals surface area contributed by atoms with Crippen LogP contribution in [0.5, 0.6) is 0 Å². The largest absolute Gasteiger partial charge is 0.356 e. The van der Waals surface area contributed by atoms with Gasteiger partial charge in [0.2, 0.25) is 0 Å². The average molecular weight is 403 g/mol. The number of pyridine rings is 1. The summed E-state index contributed by atoms with van der Waals surface area (Å²) in [5.41, 5.74) is 3.61. The summed E-state index contributed by atoms with van der Waals surface area (Å²) in [6, 6.07) is 15.2. The number of nitrogens with zero attached hydrogens (tertiary/aromatic N) is 4. The normalized spacial score (nSPS) is 14.4. The second-order valence-corrected chi connectivity index (χ2v) is 7.52.